The summed E-state index contributed by atoms with van der Waals surface area (Å²) in [6, 6.07) is 9.38. The lowest BCUT2D eigenvalue weighted by Crippen LogP contribution is -2.41. The summed E-state index contributed by atoms with van der Waals surface area (Å²) in [6.45, 7) is 1.45. The maximum Gasteiger partial charge on any atom is 0.231 e. The third kappa shape index (κ3) is 4.87. The van der Waals surface area contributed by atoms with Crippen molar-refractivity contribution in [3.05, 3.63) is 46.6 Å². The molecule has 29 heavy (non-hydrogen) atoms. The number of carbonyl (C=O) groups is 2. The molecule has 0 aliphatic carbocycles. The summed E-state index contributed by atoms with van der Waals surface area (Å²) in [6.07, 6.45) is 4.08. The summed E-state index contributed by atoms with van der Waals surface area (Å²) < 4.78 is 11.6. The highest BCUT2D eigenvalue weighted by molar-refractivity contribution is 9.10. The number of hydrogen-bond acceptors (Lipinski definition) is 5. The van der Waals surface area contributed by atoms with Crippen LogP contribution in [0.3, 0.4) is 0 Å². The molecule has 1 aromatic carbocycles. The monoisotopic (exact) mass is 459 g/mol. The second-order valence-corrected chi connectivity index (χ2v) is 8.11. The minimum Gasteiger partial charge on any atom is -0.454 e. The number of amides is 2. The van der Waals surface area contributed by atoms with Crippen LogP contribution in [0.5, 0.6) is 11.5 Å². The number of ether oxygens (including phenoxy) is 2. The smallest absolute Gasteiger partial charge is 0.231 e. The molecule has 2 amide bonds. The number of aryl methyl sites for hydroxylation is 1. The summed E-state index contributed by atoms with van der Waals surface area (Å²) in [5.74, 6) is 2.02. The van der Waals surface area contributed by atoms with Crippen molar-refractivity contribution in [2.45, 2.75) is 25.7 Å². The van der Waals surface area contributed by atoms with Gasteiger partial charge in [-0.05, 0) is 65.0 Å². The Hall–Kier alpha value is -2.61. The van der Waals surface area contributed by atoms with Gasteiger partial charge in [-0.1, -0.05) is 6.07 Å². The van der Waals surface area contributed by atoms with Crippen molar-refractivity contribution in [1.82, 2.24) is 9.88 Å². The van der Waals surface area contributed by atoms with E-state index in [0.717, 1.165) is 21.5 Å². The van der Waals surface area contributed by atoms with Crippen molar-refractivity contribution >= 4 is 33.6 Å². The molecule has 1 N–H and O–H groups in total. The van der Waals surface area contributed by atoms with Gasteiger partial charge in [0, 0.05) is 36.1 Å². The topological polar surface area (TPSA) is 80.8 Å². The van der Waals surface area contributed by atoms with Crippen LogP contribution in [-0.4, -0.2) is 41.6 Å². The Balaban J connectivity index is 1.23. The lowest BCUT2D eigenvalue weighted by atomic mass is 9.95. The zero-order chi connectivity index (χ0) is 20.2. The lowest BCUT2D eigenvalue weighted by molar-refractivity contribution is -0.134. The van der Waals surface area contributed by atoms with E-state index >= 15 is 0 Å². The second-order valence-electron chi connectivity index (χ2n) is 7.19. The number of fused-ring (bicyclic) bond motifs is 1. The Morgan fingerprint density at radius 1 is 1.14 bits per heavy atom. The first kappa shape index (κ1) is 19.7. The number of halogens is 1. The average Bonchev–Trinajstić information content (AvgIpc) is 3.21. The molecule has 2 aliphatic heterocycles. The molecule has 7 nitrogen and oxygen atoms in total. The van der Waals surface area contributed by atoms with Crippen molar-refractivity contribution in [1.29, 1.82) is 0 Å². The predicted octanol–water partition coefficient (Wildman–Crippen LogP) is 3.38. The summed E-state index contributed by atoms with van der Waals surface area (Å²) in [4.78, 5) is 31.0. The molecule has 8 heteroatoms. The van der Waals surface area contributed by atoms with Crippen LogP contribution in [0.15, 0.2) is 41.0 Å². The molecule has 152 valence electrons. The normalized spacial score (nSPS) is 16.0. The number of pyridine rings is 1. The Morgan fingerprint density at radius 2 is 1.93 bits per heavy atom. The summed E-state index contributed by atoms with van der Waals surface area (Å²) >= 11 is 3.32. The first-order valence-electron chi connectivity index (χ1n) is 9.67. The van der Waals surface area contributed by atoms with Crippen LogP contribution in [0.2, 0.25) is 0 Å². The molecule has 0 radical (unpaired) electrons. The molecule has 0 saturated carbocycles. The molecule has 0 bridgehead atoms. The van der Waals surface area contributed by atoms with Gasteiger partial charge in [0.05, 0.1) is 0 Å². The predicted molar refractivity (Wildman–Crippen MR) is 111 cm³/mol. The fourth-order valence-electron chi connectivity index (χ4n) is 3.57. The minimum atomic E-state index is -0.0987. The van der Waals surface area contributed by atoms with E-state index < -0.39 is 0 Å². The molecule has 1 fully saturated rings. The number of likely N-dealkylation sites (tertiary alicyclic amines) is 1. The van der Waals surface area contributed by atoms with Gasteiger partial charge in [-0.25, -0.2) is 4.98 Å². The summed E-state index contributed by atoms with van der Waals surface area (Å²) in [5.41, 5.74) is 1.05. The quantitative estimate of drug-likeness (QED) is 0.740. The summed E-state index contributed by atoms with van der Waals surface area (Å²) in [5, 5.41) is 2.85. The first-order valence-corrected chi connectivity index (χ1v) is 10.5. The highest BCUT2D eigenvalue weighted by Gasteiger charge is 2.27. The van der Waals surface area contributed by atoms with Gasteiger partial charge in [-0.2, -0.15) is 0 Å². The van der Waals surface area contributed by atoms with Gasteiger partial charge >= 0.3 is 0 Å². The lowest BCUT2D eigenvalue weighted by Gasteiger charge is -2.31. The van der Waals surface area contributed by atoms with E-state index in [0.29, 0.717) is 44.6 Å². The molecular weight excluding hydrogens is 438 g/mol. The largest absolute Gasteiger partial charge is 0.454 e. The molecule has 2 aromatic rings. The van der Waals surface area contributed by atoms with Gasteiger partial charge in [-0.15, -0.1) is 0 Å². The molecule has 4 rings (SSSR count). The van der Waals surface area contributed by atoms with Gasteiger partial charge in [0.1, 0.15) is 5.82 Å². The molecule has 2 aliphatic rings. The minimum absolute atomic E-state index is 0.0349. The van der Waals surface area contributed by atoms with E-state index in [4.69, 9.17) is 9.47 Å². The Kier molecular flexibility index (Phi) is 5.99. The maximum atomic E-state index is 12.6. The van der Waals surface area contributed by atoms with Crippen LogP contribution in [0.25, 0.3) is 0 Å². The number of hydrogen-bond donors (Lipinski definition) is 1. The van der Waals surface area contributed by atoms with Crippen molar-refractivity contribution in [2.24, 2.45) is 5.92 Å². The number of anilines is 1. The molecular formula is C21H22BrN3O4. The van der Waals surface area contributed by atoms with Gasteiger partial charge < -0.3 is 19.7 Å². The fourth-order valence-corrected chi connectivity index (χ4v) is 3.81. The number of carbonyl (C=O) groups excluding carboxylic acids is 2. The van der Waals surface area contributed by atoms with E-state index in [-0.39, 0.29) is 24.5 Å². The second kappa shape index (κ2) is 8.82. The number of rotatable bonds is 5. The van der Waals surface area contributed by atoms with E-state index in [1.165, 1.54) is 0 Å². The number of benzene rings is 1. The van der Waals surface area contributed by atoms with Gasteiger partial charge in [0.2, 0.25) is 18.6 Å². The molecule has 1 aromatic heterocycles. The zero-order valence-electron chi connectivity index (χ0n) is 15.9. The third-order valence-corrected chi connectivity index (χ3v) is 5.73. The maximum absolute atomic E-state index is 12.6. The number of piperidine rings is 1. The van der Waals surface area contributed by atoms with Gasteiger partial charge in [-0.3, -0.25) is 9.59 Å². The summed E-state index contributed by atoms with van der Waals surface area (Å²) in [7, 11) is 0. The molecule has 0 spiro atoms. The zero-order valence-corrected chi connectivity index (χ0v) is 17.5. The molecule has 3 heterocycles. The van der Waals surface area contributed by atoms with Gasteiger partial charge in [0.15, 0.2) is 11.5 Å². The van der Waals surface area contributed by atoms with Crippen LogP contribution in [0.1, 0.15) is 24.8 Å². The highest BCUT2D eigenvalue weighted by atomic mass is 79.9. The van der Waals surface area contributed by atoms with Crippen molar-refractivity contribution < 1.29 is 19.1 Å². The molecule has 0 unspecified atom stereocenters. The van der Waals surface area contributed by atoms with Crippen LogP contribution < -0.4 is 14.8 Å². The van der Waals surface area contributed by atoms with Crippen molar-refractivity contribution in [3.63, 3.8) is 0 Å². The standard InChI is InChI=1S/C21H22BrN3O4/c22-16-3-5-19(23-12-16)24-21(27)15-7-9-25(10-8-15)20(26)6-2-14-1-4-17-18(11-14)29-13-28-17/h1,3-5,11-12,15H,2,6-10,13H2,(H,23,24,27). The Labute approximate surface area is 177 Å². The van der Waals surface area contributed by atoms with E-state index in [1.54, 1.807) is 12.3 Å². The van der Waals surface area contributed by atoms with Crippen LogP contribution in [-0.2, 0) is 16.0 Å². The third-order valence-electron chi connectivity index (χ3n) is 5.26. The number of nitrogens with one attached hydrogen (secondary N) is 1. The van der Waals surface area contributed by atoms with Crippen LogP contribution in [0.4, 0.5) is 5.82 Å². The van der Waals surface area contributed by atoms with Crippen molar-refractivity contribution in [2.75, 3.05) is 25.2 Å². The highest BCUT2D eigenvalue weighted by Crippen LogP contribution is 2.32. The molecule has 1 saturated heterocycles. The first-order chi connectivity index (χ1) is 14.1. The van der Waals surface area contributed by atoms with E-state index in [9.17, 15) is 9.59 Å². The molecule has 0 atom stereocenters. The van der Waals surface area contributed by atoms with E-state index in [1.807, 2.05) is 29.2 Å². The van der Waals surface area contributed by atoms with E-state index in [2.05, 4.69) is 26.2 Å². The average molecular weight is 460 g/mol. The number of nitrogens with zero attached hydrogens (tertiary/aromatic N) is 2. The van der Waals surface area contributed by atoms with Crippen LogP contribution in [0, 0.1) is 5.92 Å². The SMILES string of the molecule is O=C(Nc1ccc(Br)cn1)C1CCN(C(=O)CCc2ccc3c(c2)OCO3)CC1. The Morgan fingerprint density at radius 3 is 2.69 bits per heavy atom. The van der Waals surface area contributed by atoms with Crippen molar-refractivity contribution in [3.8, 4) is 11.5 Å². The van der Waals surface area contributed by atoms with Crippen LogP contribution >= 0.6 is 15.9 Å². The van der Waals surface area contributed by atoms with Gasteiger partial charge in [0.25, 0.3) is 0 Å². The Bertz CT molecular complexity index is 895. The fraction of sp³-hybridized carbons (Fsp3) is 0.381. The number of aromatic nitrogens is 1.